The average molecular weight is 354 g/mol. The van der Waals surface area contributed by atoms with Gasteiger partial charge in [0, 0.05) is 17.2 Å². The van der Waals surface area contributed by atoms with Gasteiger partial charge in [-0.15, -0.1) is 0 Å². The number of hydrogen-bond acceptors (Lipinski definition) is 3. The minimum atomic E-state index is -0.331. The van der Waals surface area contributed by atoms with Crippen molar-refractivity contribution in [2.75, 3.05) is 0 Å². The second-order valence-corrected chi connectivity index (χ2v) is 9.75. The molecule has 4 unspecified atom stereocenters. The van der Waals surface area contributed by atoms with Gasteiger partial charge in [-0.3, -0.25) is 0 Å². The number of hydrogen-bond donors (Lipinski definition) is 1. The molecule has 5 aliphatic rings. The molecule has 1 N–H and O–H groups in total. The maximum absolute atomic E-state index is 11.9. The third-order valence-corrected chi connectivity index (χ3v) is 8.98. The molecular formula is C23H31NO2. The maximum atomic E-state index is 11.9. The van der Waals surface area contributed by atoms with Crippen LogP contribution in [0, 0.1) is 40.4 Å². The molecule has 0 aromatic heterocycles. The van der Waals surface area contributed by atoms with E-state index < -0.39 is 0 Å². The van der Waals surface area contributed by atoms with Crippen LogP contribution in [0.3, 0.4) is 0 Å². The molecule has 1 spiro atoms. The van der Waals surface area contributed by atoms with Gasteiger partial charge >= 0.3 is 5.97 Å². The van der Waals surface area contributed by atoms with E-state index in [0.29, 0.717) is 11.8 Å². The molecule has 0 bridgehead atoms. The van der Waals surface area contributed by atoms with Crippen molar-refractivity contribution in [3.63, 3.8) is 0 Å². The van der Waals surface area contributed by atoms with E-state index in [-0.39, 0.29) is 17.0 Å². The summed E-state index contributed by atoms with van der Waals surface area (Å²) in [7, 11) is 0. The molecule has 3 fully saturated rings. The molecule has 0 aromatic rings. The van der Waals surface area contributed by atoms with E-state index in [2.05, 4.69) is 26.0 Å². The van der Waals surface area contributed by atoms with Gasteiger partial charge in [0.2, 0.25) is 0 Å². The predicted molar refractivity (Wildman–Crippen MR) is 102 cm³/mol. The van der Waals surface area contributed by atoms with Crippen LogP contribution in [0.5, 0.6) is 0 Å². The third-order valence-electron chi connectivity index (χ3n) is 8.98. The topological polar surface area (TPSA) is 50.2 Å². The molecule has 140 valence electrons. The third kappa shape index (κ3) is 2.06. The molecule has 1 heterocycles. The first-order valence-electron chi connectivity index (χ1n) is 10.7. The number of rotatable bonds is 1. The molecule has 0 aromatic carbocycles. The van der Waals surface area contributed by atoms with Gasteiger partial charge in [0.25, 0.3) is 0 Å². The molecule has 3 saturated carbocycles. The highest BCUT2D eigenvalue weighted by Crippen LogP contribution is 2.68. The van der Waals surface area contributed by atoms with E-state index in [1.54, 1.807) is 11.6 Å². The molecule has 5 rings (SSSR count). The Kier molecular flexibility index (Phi) is 3.59. The van der Waals surface area contributed by atoms with Gasteiger partial charge in [-0.1, -0.05) is 25.8 Å². The van der Waals surface area contributed by atoms with Crippen LogP contribution in [0.1, 0.15) is 65.2 Å². The highest BCUT2D eigenvalue weighted by atomic mass is 16.6. The van der Waals surface area contributed by atoms with Crippen molar-refractivity contribution in [3.05, 3.63) is 23.8 Å². The van der Waals surface area contributed by atoms with Gasteiger partial charge in [-0.2, -0.15) is 0 Å². The molecule has 0 saturated heterocycles. The van der Waals surface area contributed by atoms with Crippen molar-refractivity contribution < 1.29 is 9.53 Å². The molecule has 4 aliphatic carbocycles. The van der Waals surface area contributed by atoms with Gasteiger partial charge in [-0.25, -0.2) is 4.79 Å². The standard InChI is InChI=1S/C23H31NO2/c1-3-14-12-15-13-16(24)4-5-17(15)18-6-9-22(2)19(21(14)18)7-10-23(22)11-8-20(25)26-23/h8,11,13-14,17-19,21,24H,3-7,9-10,12H2,1-2H3/t14?,17-,18?,19?,21?,22-,23+/m0/s1. The summed E-state index contributed by atoms with van der Waals surface area (Å²) < 4.78 is 5.96. The number of carbonyl (C=O) groups excluding carboxylic acids is 1. The predicted octanol–water partition coefficient (Wildman–Crippen LogP) is 5.07. The van der Waals surface area contributed by atoms with Gasteiger partial charge in [-0.05, 0) is 86.7 Å². The zero-order valence-corrected chi connectivity index (χ0v) is 16.1. The van der Waals surface area contributed by atoms with Gasteiger partial charge in [0.05, 0.1) is 0 Å². The number of allylic oxidation sites excluding steroid dienone is 2. The number of nitrogens with one attached hydrogen (secondary N) is 1. The molecule has 0 radical (unpaired) electrons. The summed E-state index contributed by atoms with van der Waals surface area (Å²) in [5.41, 5.74) is 2.20. The lowest BCUT2D eigenvalue weighted by Crippen LogP contribution is -2.54. The van der Waals surface area contributed by atoms with Crippen molar-refractivity contribution in [1.29, 1.82) is 5.41 Å². The Hall–Kier alpha value is -1.38. The Balaban J connectivity index is 1.52. The number of carbonyl (C=O) groups is 1. The number of ether oxygens (including phenoxy) is 1. The minimum Gasteiger partial charge on any atom is -0.451 e. The molecule has 7 atom stereocenters. The Morgan fingerprint density at radius 3 is 2.85 bits per heavy atom. The van der Waals surface area contributed by atoms with Crippen LogP contribution in [0.4, 0.5) is 0 Å². The van der Waals surface area contributed by atoms with Crippen molar-refractivity contribution in [1.82, 2.24) is 0 Å². The lowest BCUT2D eigenvalue weighted by molar-refractivity contribution is -0.163. The van der Waals surface area contributed by atoms with Gasteiger partial charge < -0.3 is 10.1 Å². The first-order valence-corrected chi connectivity index (χ1v) is 10.7. The van der Waals surface area contributed by atoms with E-state index >= 15 is 0 Å². The average Bonchev–Trinajstić information content (AvgIpc) is 3.14. The fraction of sp³-hybridized carbons (Fsp3) is 0.739. The van der Waals surface area contributed by atoms with Crippen LogP contribution in [0.2, 0.25) is 0 Å². The number of fused-ring (bicyclic) bond motifs is 6. The van der Waals surface area contributed by atoms with Crippen molar-refractivity contribution in [3.8, 4) is 0 Å². The van der Waals surface area contributed by atoms with E-state index in [1.807, 2.05) is 0 Å². The molecule has 3 nitrogen and oxygen atoms in total. The summed E-state index contributed by atoms with van der Waals surface area (Å²) in [6, 6.07) is 0. The summed E-state index contributed by atoms with van der Waals surface area (Å²) in [6.45, 7) is 4.77. The van der Waals surface area contributed by atoms with Crippen molar-refractivity contribution >= 4 is 11.7 Å². The summed E-state index contributed by atoms with van der Waals surface area (Å²) in [6.07, 6.45) is 15.2. The normalized spacial score (nSPS) is 49.5. The van der Waals surface area contributed by atoms with E-state index in [4.69, 9.17) is 10.1 Å². The monoisotopic (exact) mass is 353 g/mol. The van der Waals surface area contributed by atoms with E-state index in [1.165, 1.54) is 38.5 Å². The van der Waals surface area contributed by atoms with Crippen LogP contribution >= 0.6 is 0 Å². The smallest absolute Gasteiger partial charge is 0.331 e. The summed E-state index contributed by atoms with van der Waals surface area (Å²) in [5.74, 6) is 3.52. The molecule has 1 aliphatic heterocycles. The minimum absolute atomic E-state index is 0.104. The Morgan fingerprint density at radius 2 is 2.12 bits per heavy atom. The SMILES string of the molecule is CCC1CC2=CC(=N)CC[C@@H]2C2CC[C@@]3(C)C(CC[C@@]34C=CC(=O)O4)C12. The molecule has 0 amide bonds. The summed E-state index contributed by atoms with van der Waals surface area (Å²) in [4.78, 5) is 11.9. The highest BCUT2D eigenvalue weighted by Gasteiger charge is 2.65. The highest BCUT2D eigenvalue weighted by molar-refractivity contribution is 5.93. The quantitative estimate of drug-likeness (QED) is 0.669. The lowest BCUT2D eigenvalue weighted by Gasteiger charge is -2.57. The second kappa shape index (κ2) is 5.56. The van der Waals surface area contributed by atoms with Gasteiger partial charge in [0.1, 0.15) is 5.60 Å². The zero-order chi connectivity index (χ0) is 18.1. The van der Waals surface area contributed by atoms with Gasteiger partial charge in [0.15, 0.2) is 0 Å². The second-order valence-electron chi connectivity index (χ2n) is 9.75. The fourth-order valence-electron chi connectivity index (χ4n) is 7.75. The molecule has 26 heavy (non-hydrogen) atoms. The fourth-order valence-corrected chi connectivity index (χ4v) is 7.75. The summed E-state index contributed by atoms with van der Waals surface area (Å²) in [5, 5.41) is 8.11. The van der Waals surface area contributed by atoms with E-state index in [9.17, 15) is 4.79 Å². The van der Waals surface area contributed by atoms with Crippen LogP contribution < -0.4 is 0 Å². The van der Waals surface area contributed by atoms with Crippen molar-refractivity contribution in [2.24, 2.45) is 35.0 Å². The molecule has 3 heteroatoms. The van der Waals surface area contributed by atoms with Crippen LogP contribution in [-0.4, -0.2) is 17.3 Å². The van der Waals surface area contributed by atoms with E-state index in [0.717, 1.165) is 36.3 Å². The van der Waals surface area contributed by atoms with Crippen LogP contribution in [0.15, 0.2) is 23.8 Å². The summed E-state index contributed by atoms with van der Waals surface area (Å²) >= 11 is 0. The first-order chi connectivity index (χ1) is 12.5. The molecular weight excluding hydrogens is 322 g/mol. The lowest BCUT2D eigenvalue weighted by atomic mass is 9.48. The Labute approximate surface area is 156 Å². The Morgan fingerprint density at radius 1 is 1.27 bits per heavy atom. The first kappa shape index (κ1) is 16.8. The zero-order valence-electron chi connectivity index (χ0n) is 16.1. The van der Waals surface area contributed by atoms with Crippen LogP contribution in [0.25, 0.3) is 0 Å². The van der Waals surface area contributed by atoms with Crippen LogP contribution in [-0.2, 0) is 9.53 Å². The largest absolute Gasteiger partial charge is 0.451 e. The number of esters is 1. The Bertz CT molecular complexity index is 722. The maximum Gasteiger partial charge on any atom is 0.331 e. The van der Waals surface area contributed by atoms with Crippen molar-refractivity contribution in [2.45, 2.75) is 70.8 Å².